The van der Waals surface area contributed by atoms with E-state index in [0.717, 1.165) is 0 Å². The van der Waals surface area contributed by atoms with Gasteiger partial charge in [0.2, 0.25) is 15.9 Å². The van der Waals surface area contributed by atoms with Crippen LogP contribution >= 0.6 is 0 Å². The first-order valence-electron chi connectivity index (χ1n) is 10.3. The van der Waals surface area contributed by atoms with Crippen LogP contribution in [0.3, 0.4) is 0 Å². The monoisotopic (exact) mass is 453 g/mol. The number of carboxylic acid groups (broad SMARTS) is 1. The van der Waals surface area contributed by atoms with Crippen molar-refractivity contribution in [1.29, 1.82) is 5.41 Å². The molecule has 6 N–H and O–H groups in total. The standard InChI is InChI=1S/C20H31N5O5S/c1-2-3-12-31(29,30)24-17(19(27)28)13-14-4-6-16(7-5-14)23-18(26)15-8-10-25(11-9-15)20(21)22/h4-7,15,17,24H,2-3,8-13H2,1H3,(H3,21,22)(H,23,26)(H,27,28)/t17-/m0/s1. The second kappa shape index (κ2) is 11.1. The number of nitrogens with one attached hydrogen (secondary N) is 3. The number of anilines is 1. The predicted molar refractivity (Wildman–Crippen MR) is 118 cm³/mol. The number of rotatable bonds is 10. The molecule has 172 valence electrons. The summed E-state index contributed by atoms with van der Waals surface area (Å²) in [6.45, 7) is 2.99. The Bertz CT molecular complexity index is 880. The van der Waals surface area contributed by atoms with E-state index in [9.17, 15) is 23.1 Å². The molecule has 1 atom stereocenters. The van der Waals surface area contributed by atoms with Crippen LogP contribution in [0.4, 0.5) is 5.69 Å². The molecule has 1 aliphatic rings. The summed E-state index contributed by atoms with van der Waals surface area (Å²) < 4.78 is 26.3. The second-order valence-corrected chi connectivity index (χ2v) is 9.59. The maximum atomic E-state index is 12.5. The number of nitrogens with zero attached hydrogens (tertiary/aromatic N) is 1. The van der Waals surface area contributed by atoms with Gasteiger partial charge in [-0.25, -0.2) is 13.1 Å². The summed E-state index contributed by atoms with van der Waals surface area (Å²) in [5.74, 6) is -1.60. The fourth-order valence-corrected chi connectivity index (χ4v) is 4.78. The molecule has 1 aromatic carbocycles. The number of likely N-dealkylation sites (tertiary alicyclic amines) is 1. The van der Waals surface area contributed by atoms with E-state index in [0.29, 0.717) is 50.0 Å². The van der Waals surface area contributed by atoms with Crippen molar-refractivity contribution in [3.05, 3.63) is 29.8 Å². The molecule has 1 aliphatic heterocycles. The number of piperidine rings is 1. The van der Waals surface area contributed by atoms with Crippen LogP contribution in [0.15, 0.2) is 24.3 Å². The zero-order valence-electron chi connectivity index (χ0n) is 17.6. The fraction of sp³-hybridized carbons (Fsp3) is 0.550. The summed E-state index contributed by atoms with van der Waals surface area (Å²) in [5, 5.41) is 19.7. The van der Waals surface area contributed by atoms with Gasteiger partial charge in [0, 0.05) is 24.7 Å². The SMILES string of the molecule is CCCCS(=O)(=O)N[C@@H](Cc1ccc(NC(=O)C2CCN(C(=N)N)CC2)cc1)C(=O)O. The molecule has 0 aliphatic carbocycles. The number of guanidine groups is 1. The summed E-state index contributed by atoms with van der Waals surface area (Å²) in [4.78, 5) is 25.7. The van der Waals surface area contributed by atoms with Crippen LogP contribution in [0.25, 0.3) is 0 Å². The maximum absolute atomic E-state index is 12.5. The van der Waals surface area contributed by atoms with Crippen molar-refractivity contribution in [2.45, 2.75) is 45.1 Å². The molecule has 1 heterocycles. The number of benzene rings is 1. The number of aliphatic carboxylic acids is 1. The third kappa shape index (κ3) is 7.83. The van der Waals surface area contributed by atoms with Gasteiger partial charge in [0.1, 0.15) is 6.04 Å². The third-order valence-electron chi connectivity index (χ3n) is 5.25. The Morgan fingerprint density at radius 3 is 2.39 bits per heavy atom. The van der Waals surface area contributed by atoms with Gasteiger partial charge in [-0.1, -0.05) is 25.5 Å². The third-order valence-corrected chi connectivity index (χ3v) is 6.72. The number of hydrogen-bond donors (Lipinski definition) is 5. The van der Waals surface area contributed by atoms with Gasteiger partial charge in [-0.2, -0.15) is 0 Å². The lowest BCUT2D eigenvalue weighted by Crippen LogP contribution is -2.44. The lowest BCUT2D eigenvalue weighted by Gasteiger charge is -2.31. The molecule has 11 heteroatoms. The Balaban J connectivity index is 1.92. The molecule has 0 spiro atoms. The topological polar surface area (TPSA) is 166 Å². The van der Waals surface area contributed by atoms with E-state index in [-0.39, 0.29) is 30.0 Å². The molecule has 0 bridgehead atoms. The molecule has 31 heavy (non-hydrogen) atoms. The Morgan fingerprint density at radius 1 is 1.26 bits per heavy atom. The minimum Gasteiger partial charge on any atom is -0.480 e. The summed E-state index contributed by atoms with van der Waals surface area (Å²) in [6, 6.07) is 5.42. The minimum atomic E-state index is -3.67. The first kappa shape index (κ1) is 24.6. The van der Waals surface area contributed by atoms with Gasteiger partial charge in [-0.05, 0) is 43.4 Å². The van der Waals surface area contributed by atoms with Crippen molar-refractivity contribution in [3.8, 4) is 0 Å². The van der Waals surface area contributed by atoms with E-state index in [4.69, 9.17) is 11.1 Å². The van der Waals surface area contributed by atoms with Gasteiger partial charge in [-0.3, -0.25) is 15.0 Å². The number of carboxylic acids is 1. The smallest absolute Gasteiger partial charge is 0.322 e. The Morgan fingerprint density at radius 2 is 1.87 bits per heavy atom. The van der Waals surface area contributed by atoms with Crippen LogP contribution in [0.5, 0.6) is 0 Å². The average molecular weight is 454 g/mol. The Hall–Kier alpha value is -2.66. The first-order chi connectivity index (χ1) is 14.6. The number of unbranched alkanes of at least 4 members (excludes halogenated alkanes) is 1. The average Bonchev–Trinajstić information content (AvgIpc) is 2.73. The van der Waals surface area contributed by atoms with Gasteiger partial charge in [-0.15, -0.1) is 0 Å². The molecule has 1 amide bonds. The van der Waals surface area contributed by atoms with Crippen molar-refractivity contribution < 1.29 is 23.1 Å². The zero-order chi connectivity index (χ0) is 23.0. The molecule has 1 fully saturated rings. The lowest BCUT2D eigenvalue weighted by molar-refractivity contribution is -0.138. The van der Waals surface area contributed by atoms with Crippen LogP contribution in [-0.4, -0.2) is 61.1 Å². The molecular weight excluding hydrogens is 422 g/mol. The largest absolute Gasteiger partial charge is 0.480 e. The van der Waals surface area contributed by atoms with Crippen molar-refractivity contribution in [2.24, 2.45) is 11.7 Å². The van der Waals surface area contributed by atoms with Crippen LogP contribution < -0.4 is 15.8 Å². The number of carbonyl (C=O) groups is 2. The quantitative estimate of drug-likeness (QED) is 0.260. The molecule has 0 unspecified atom stereocenters. The Kier molecular flexibility index (Phi) is 8.81. The van der Waals surface area contributed by atoms with Gasteiger partial charge in [0.15, 0.2) is 5.96 Å². The summed E-state index contributed by atoms with van der Waals surface area (Å²) >= 11 is 0. The van der Waals surface area contributed by atoms with Crippen LogP contribution in [0.1, 0.15) is 38.2 Å². The highest BCUT2D eigenvalue weighted by Gasteiger charge is 2.26. The van der Waals surface area contributed by atoms with Gasteiger partial charge >= 0.3 is 5.97 Å². The lowest BCUT2D eigenvalue weighted by atomic mass is 9.96. The van der Waals surface area contributed by atoms with E-state index in [1.807, 2.05) is 6.92 Å². The highest BCUT2D eigenvalue weighted by molar-refractivity contribution is 7.89. The number of nitrogens with two attached hydrogens (primary N) is 1. The van der Waals surface area contributed by atoms with E-state index >= 15 is 0 Å². The second-order valence-electron chi connectivity index (χ2n) is 7.72. The zero-order valence-corrected chi connectivity index (χ0v) is 18.5. The normalized spacial score (nSPS) is 16.0. The molecule has 0 aromatic heterocycles. The van der Waals surface area contributed by atoms with Crippen LogP contribution in [-0.2, 0) is 26.0 Å². The highest BCUT2D eigenvalue weighted by atomic mass is 32.2. The number of hydrogen-bond acceptors (Lipinski definition) is 5. The predicted octanol–water partition coefficient (Wildman–Crippen LogP) is 0.946. The molecule has 0 saturated carbocycles. The summed E-state index contributed by atoms with van der Waals surface area (Å²) in [7, 11) is -3.67. The molecule has 0 radical (unpaired) electrons. The highest BCUT2D eigenvalue weighted by Crippen LogP contribution is 2.20. The van der Waals surface area contributed by atoms with Crippen molar-refractivity contribution >= 4 is 33.5 Å². The van der Waals surface area contributed by atoms with Crippen LogP contribution in [0, 0.1) is 11.3 Å². The number of sulfonamides is 1. The summed E-state index contributed by atoms with van der Waals surface area (Å²) in [6.07, 6.45) is 2.38. The maximum Gasteiger partial charge on any atom is 0.322 e. The van der Waals surface area contributed by atoms with Crippen LogP contribution in [0.2, 0.25) is 0 Å². The van der Waals surface area contributed by atoms with E-state index in [1.54, 1.807) is 29.2 Å². The summed E-state index contributed by atoms with van der Waals surface area (Å²) in [5.41, 5.74) is 6.69. The minimum absolute atomic E-state index is 0.00157. The molecular formula is C20H31N5O5S. The molecule has 10 nitrogen and oxygen atoms in total. The molecule has 1 aromatic rings. The molecule has 2 rings (SSSR count). The Labute approximate surface area is 182 Å². The molecule has 1 saturated heterocycles. The van der Waals surface area contributed by atoms with Gasteiger partial charge in [0.25, 0.3) is 0 Å². The van der Waals surface area contributed by atoms with Crippen molar-refractivity contribution in [3.63, 3.8) is 0 Å². The van der Waals surface area contributed by atoms with Crippen molar-refractivity contribution in [2.75, 3.05) is 24.2 Å². The van der Waals surface area contributed by atoms with Crippen molar-refractivity contribution in [1.82, 2.24) is 9.62 Å². The van der Waals surface area contributed by atoms with Gasteiger partial charge < -0.3 is 21.1 Å². The number of amides is 1. The van der Waals surface area contributed by atoms with E-state index < -0.39 is 22.0 Å². The number of carbonyl (C=O) groups excluding carboxylic acids is 1. The fourth-order valence-electron chi connectivity index (χ4n) is 3.38. The van der Waals surface area contributed by atoms with E-state index in [2.05, 4.69) is 10.0 Å². The first-order valence-corrected chi connectivity index (χ1v) is 12.0. The van der Waals surface area contributed by atoms with E-state index in [1.165, 1.54) is 0 Å². The van der Waals surface area contributed by atoms with Gasteiger partial charge in [0.05, 0.1) is 5.75 Å².